The van der Waals surface area contributed by atoms with Crippen molar-refractivity contribution >= 4 is 40.0 Å². The van der Waals surface area contributed by atoms with Gasteiger partial charge in [0.2, 0.25) is 0 Å². The molecule has 140 valence electrons. The standard InChI is InChI=1S/C22H16Cl2N2O2/c23-16-11-9-15(10-12-16)20(27)13-26-19-7-3-2-6-18(19)25-22(26)14-28-21-8-4-1-5-17(21)24/h1-12H,13-14H2. The van der Waals surface area contributed by atoms with Gasteiger partial charge < -0.3 is 9.30 Å². The summed E-state index contributed by atoms with van der Waals surface area (Å²) in [5, 5.41) is 1.13. The first kappa shape index (κ1) is 18.5. The molecule has 0 unspecified atom stereocenters. The van der Waals surface area contributed by atoms with Crippen molar-refractivity contribution in [2.24, 2.45) is 0 Å². The van der Waals surface area contributed by atoms with Crippen molar-refractivity contribution in [1.82, 2.24) is 9.55 Å². The highest BCUT2D eigenvalue weighted by Crippen LogP contribution is 2.25. The lowest BCUT2D eigenvalue weighted by Gasteiger charge is -2.11. The van der Waals surface area contributed by atoms with Gasteiger partial charge in [-0.15, -0.1) is 0 Å². The van der Waals surface area contributed by atoms with Crippen LogP contribution in [0.3, 0.4) is 0 Å². The zero-order valence-corrected chi connectivity index (χ0v) is 16.3. The van der Waals surface area contributed by atoms with Gasteiger partial charge >= 0.3 is 0 Å². The summed E-state index contributed by atoms with van der Waals surface area (Å²) < 4.78 is 7.73. The number of imidazole rings is 1. The Kier molecular flexibility index (Phi) is 5.33. The Morgan fingerprint density at radius 2 is 1.64 bits per heavy atom. The summed E-state index contributed by atoms with van der Waals surface area (Å²) in [6.07, 6.45) is 0. The van der Waals surface area contributed by atoms with E-state index in [4.69, 9.17) is 27.9 Å². The SMILES string of the molecule is O=C(Cn1c(COc2ccccc2Cl)nc2ccccc21)c1ccc(Cl)cc1. The number of ketones is 1. The van der Waals surface area contributed by atoms with Crippen molar-refractivity contribution in [3.63, 3.8) is 0 Å². The number of fused-ring (bicyclic) bond motifs is 1. The third-order valence-electron chi connectivity index (χ3n) is 4.39. The second-order valence-electron chi connectivity index (χ2n) is 6.25. The average molecular weight is 411 g/mol. The fraction of sp³-hybridized carbons (Fsp3) is 0.0909. The Morgan fingerprint density at radius 3 is 2.43 bits per heavy atom. The minimum absolute atomic E-state index is 0.0289. The van der Waals surface area contributed by atoms with Gasteiger partial charge in [-0.1, -0.05) is 47.5 Å². The molecule has 0 fully saturated rings. The van der Waals surface area contributed by atoms with Gasteiger partial charge in [0.15, 0.2) is 5.78 Å². The number of aromatic nitrogens is 2. The quantitative estimate of drug-likeness (QED) is 0.377. The van der Waals surface area contributed by atoms with E-state index in [0.717, 1.165) is 11.0 Å². The summed E-state index contributed by atoms with van der Waals surface area (Å²) in [4.78, 5) is 17.4. The number of benzene rings is 3. The Balaban J connectivity index is 1.64. The number of hydrogen-bond acceptors (Lipinski definition) is 3. The predicted molar refractivity (Wildman–Crippen MR) is 111 cm³/mol. The van der Waals surface area contributed by atoms with Crippen molar-refractivity contribution in [1.29, 1.82) is 0 Å². The largest absolute Gasteiger partial charge is 0.484 e. The van der Waals surface area contributed by atoms with Crippen LogP contribution in [-0.2, 0) is 13.2 Å². The molecule has 4 nitrogen and oxygen atoms in total. The number of rotatable bonds is 6. The number of halogens is 2. The predicted octanol–water partition coefficient (Wildman–Crippen LogP) is 5.81. The first-order chi connectivity index (χ1) is 13.6. The van der Waals surface area contributed by atoms with Crippen molar-refractivity contribution in [2.45, 2.75) is 13.2 Å². The van der Waals surface area contributed by atoms with Crippen LogP contribution in [0.25, 0.3) is 11.0 Å². The van der Waals surface area contributed by atoms with Gasteiger partial charge in [0, 0.05) is 10.6 Å². The molecule has 0 aliphatic rings. The molecule has 1 aromatic heterocycles. The molecule has 4 rings (SSSR count). The number of Topliss-reactive ketones (excluding diaryl/α,β-unsaturated/α-hetero) is 1. The maximum Gasteiger partial charge on any atom is 0.182 e. The fourth-order valence-corrected chi connectivity index (χ4v) is 3.30. The van der Waals surface area contributed by atoms with Crippen LogP contribution in [0.15, 0.2) is 72.8 Å². The summed E-state index contributed by atoms with van der Waals surface area (Å²) in [7, 11) is 0. The molecule has 0 saturated carbocycles. The Hall–Kier alpha value is -2.82. The maximum atomic E-state index is 12.8. The van der Waals surface area contributed by atoms with Crippen molar-refractivity contribution in [2.75, 3.05) is 0 Å². The van der Waals surface area contributed by atoms with E-state index in [2.05, 4.69) is 4.98 Å². The third-order valence-corrected chi connectivity index (χ3v) is 4.96. The Bertz CT molecular complexity index is 1140. The first-order valence-electron chi connectivity index (χ1n) is 8.72. The van der Waals surface area contributed by atoms with E-state index in [0.29, 0.717) is 27.2 Å². The summed E-state index contributed by atoms with van der Waals surface area (Å²) >= 11 is 12.1. The van der Waals surface area contributed by atoms with E-state index in [9.17, 15) is 4.79 Å². The molecule has 0 aliphatic heterocycles. The van der Waals surface area contributed by atoms with Crippen LogP contribution in [0.5, 0.6) is 5.75 Å². The zero-order valence-electron chi connectivity index (χ0n) is 14.8. The van der Waals surface area contributed by atoms with E-state index in [1.165, 1.54) is 0 Å². The molecular formula is C22H16Cl2N2O2. The average Bonchev–Trinajstić information content (AvgIpc) is 3.05. The third kappa shape index (κ3) is 3.88. The first-order valence-corrected chi connectivity index (χ1v) is 9.47. The fourth-order valence-electron chi connectivity index (χ4n) is 2.99. The highest BCUT2D eigenvalue weighted by atomic mass is 35.5. The number of carbonyl (C=O) groups is 1. The number of hydrogen-bond donors (Lipinski definition) is 0. The van der Waals surface area contributed by atoms with Gasteiger partial charge in [0.1, 0.15) is 18.2 Å². The second-order valence-corrected chi connectivity index (χ2v) is 7.10. The van der Waals surface area contributed by atoms with Gasteiger partial charge in [-0.2, -0.15) is 0 Å². The molecule has 0 amide bonds. The van der Waals surface area contributed by atoms with Gasteiger partial charge in [0.25, 0.3) is 0 Å². The molecule has 6 heteroatoms. The molecule has 1 heterocycles. The molecule has 0 saturated heterocycles. The lowest BCUT2D eigenvalue weighted by atomic mass is 10.1. The number of ether oxygens (including phenoxy) is 1. The zero-order chi connectivity index (χ0) is 19.5. The Morgan fingerprint density at radius 1 is 0.929 bits per heavy atom. The summed E-state index contributed by atoms with van der Waals surface area (Å²) in [5.74, 6) is 1.20. The normalized spacial score (nSPS) is 10.9. The summed E-state index contributed by atoms with van der Waals surface area (Å²) in [6.45, 7) is 0.357. The van der Waals surface area contributed by atoms with Gasteiger partial charge in [0.05, 0.1) is 22.6 Å². The highest BCUT2D eigenvalue weighted by molar-refractivity contribution is 6.32. The van der Waals surface area contributed by atoms with Crippen LogP contribution in [0.4, 0.5) is 0 Å². The topological polar surface area (TPSA) is 44.1 Å². The monoisotopic (exact) mass is 410 g/mol. The molecule has 0 aliphatic carbocycles. The summed E-state index contributed by atoms with van der Waals surface area (Å²) in [6, 6.07) is 21.8. The van der Waals surface area contributed by atoms with E-state index in [1.54, 1.807) is 36.4 Å². The number of carbonyl (C=O) groups excluding carboxylic acids is 1. The second kappa shape index (κ2) is 8.05. The van der Waals surface area contributed by atoms with Crippen LogP contribution >= 0.6 is 23.2 Å². The lowest BCUT2D eigenvalue weighted by molar-refractivity contribution is 0.0971. The van der Waals surface area contributed by atoms with Crippen LogP contribution in [-0.4, -0.2) is 15.3 Å². The van der Waals surface area contributed by atoms with Crippen molar-refractivity contribution < 1.29 is 9.53 Å². The molecule has 0 atom stereocenters. The van der Waals surface area contributed by atoms with Crippen LogP contribution in [0, 0.1) is 0 Å². The van der Waals surface area contributed by atoms with Crippen LogP contribution in [0.2, 0.25) is 10.0 Å². The molecule has 0 bridgehead atoms. The van der Waals surface area contributed by atoms with Crippen LogP contribution < -0.4 is 4.74 Å². The van der Waals surface area contributed by atoms with Gasteiger partial charge in [-0.3, -0.25) is 4.79 Å². The van der Waals surface area contributed by atoms with E-state index >= 15 is 0 Å². The molecule has 28 heavy (non-hydrogen) atoms. The molecule has 0 N–H and O–H groups in total. The smallest absolute Gasteiger partial charge is 0.182 e. The number of para-hydroxylation sites is 3. The van der Waals surface area contributed by atoms with E-state index in [1.807, 2.05) is 41.0 Å². The molecule has 4 aromatic rings. The molecule has 0 spiro atoms. The molecular weight excluding hydrogens is 395 g/mol. The highest BCUT2D eigenvalue weighted by Gasteiger charge is 2.16. The minimum atomic E-state index is -0.0289. The van der Waals surface area contributed by atoms with Crippen LogP contribution in [0.1, 0.15) is 16.2 Å². The van der Waals surface area contributed by atoms with Crippen molar-refractivity contribution in [3.05, 3.63) is 94.2 Å². The lowest BCUT2D eigenvalue weighted by Crippen LogP contribution is -2.14. The van der Waals surface area contributed by atoms with E-state index < -0.39 is 0 Å². The minimum Gasteiger partial charge on any atom is -0.484 e. The molecule has 0 radical (unpaired) electrons. The summed E-state index contributed by atoms with van der Waals surface area (Å²) in [5.41, 5.74) is 2.28. The Labute approximate surface area is 172 Å². The maximum absolute atomic E-state index is 12.8. The van der Waals surface area contributed by atoms with Gasteiger partial charge in [-0.05, 0) is 48.5 Å². The number of nitrogens with zero attached hydrogens (tertiary/aromatic N) is 2. The molecule has 3 aromatic carbocycles. The van der Waals surface area contributed by atoms with Crippen molar-refractivity contribution in [3.8, 4) is 5.75 Å². The van der Waals surface area contributed by atoms with Gasteiger partial charge in [-0.25, -0.2) is 4.98 Å². The van der Waals surface area contributed by atoms with E-state index in [-0.39, 0.29) is 18.9 Å².